The summed E-state index contributed by atoms with van der Waals surface area (Å²) in [6.45, 7) is 8.63. The van der Waals surface area contributed by atoms with Crippen LogP contribution in [0.15, 0.2) is 0 Å². The fraction of sp³-hybridized carbons (Fsp3) is 0.625. The smallest absolute Gasteiger partial charge is 0.339 e. The van der Waals surface area contributed by atoms with Gasteiger partial charge in [0.15, 0.2) is 0 Å². The molecule has 5 nitrogen and oxygen atoms in total. The van der Waals surface area contributed by atoms with E-state index in [2.05, 4.69) is 18.8 Å². The van der Waals surface area contributed by atoms with Crippen LogP contribution in [0.25, 0.3) is 0 Å². The van der Waals surface area contributed by atoms with Crippen molar-refractivity contribution >= 4 is 11.9 Å². The standard InChI is InChI=1S/C16H24N2O3/c1-6-12-7-8-18(11(12)4)15(19)14-9(2)13(10(3)17-14)16(20)21-5/h11-12,17H,6-8H2,1-5H3/t11-,12+/m1/s1. The van der Waals surface area contributed by atoms with Crippen molar-refractivity contribution in [3.63, 3.8) is 0 Å². The molecule has 21 heavy (non-hydrogen) atoms. The number of likely N-dealkylation sites (tertiary alicyclic amines) is 1. The van der Waals surface area contributed by atoms with Crippen molar-refractivity contribution in [1.82, 2.24) is 9.88 Å². The molecule has 1 aromatic heterocycles. The Balaban J connectivity index is 2.31. The Labute approximate surface area is 125 Å². The Morgan fingerprint density at radius 1 is 1.38 bits per heavy atom. The first-order valence-electron chi connectivity index (χ1n) is 7.50. The quantitative estimate of drug-likeness (QED) is 0.871. The molecular formula is C16H24N2O3. The third-order valence-corrected chi connectivity index (χ3v) is 4.74. The number of hydrogen-bond acceptors (Lipinski definition) is 3. The number of carbonyl (C=O) groups excluding carboxylic acids is 2. The van der Waals surface area contributed by atoms with E-state index >= 15 is 0 Å². The molecule has 2 heterocycles. The lowest BCUT2D eigenvalue weighted by Crippen LogP contribution is -2.36. The minimum absolute atomic E-state index is 0.0193. The van der Waals surface area contributed by atoms with Gasteiger partial charge in [-0.2, -0.15) is 0 Å². The van der Waals surface area contributed by atoms with E-state index in [4.69, 9.17) is 4.74 Å². The number of aryl methyl sites for hydroxylation is 1. The molecule has 0 saturated carbocycles. The number of H-pyrrole nitrogens is 1. The second kappa shape index (κ2) is 5.92. The molecule has 0 unspecified atom stereocenters. The average Bonchev–Trinajstić information content (AvgIpc) is 2.97. The van der Waals surface area contributed by atoms with Crippen molar-refractivity contribution in [2.75, 3.05) is 13.7 Å². The zero-order valence-corrected chi connectivity index (χ0v) is 13.4. The van der Waals surface area contributed by atoms with Crippen LogP contribution < -0.4 is 0 Å². The Bertz CT molecular complexity index is 562. The fourth-order valence-electron chi connectivity index (χ4n) is 3.35. The lowest BCUT2D eigenvalue weighted by Gasteiger charge is -2.24. The topological polar surface area (TPSA) is 62.4 Å². The molecule has 0 aliphatic carbocycles. The number of aromatic amines is 1. The van der Waals surface area contributed by atoms with Crippen molar-refractivity contribution in [3.8, 4) is 0 Å². The van der Waals surface area contributed by atoms with E-state index in [1.807, 2.05) is 4.90 Å². The van der Waals surface area contributed by atoms with Crippen LogP contribution in [0.5, 0.6) is 0 Å². The number of ether oxygens (including phenoxy) is 1. The number of amides is 1. The predicted molar refractivity (Wildman–Crippen MR) is 80.5 cm³/mol. The summed E-state index contributed by atoms with van der Waals surface area (Å²) >= 11 is 0. The van der Waals surface area contributed by atoms with Crippen LogP contribution >= 0.6 is 0 Å². The van der Waals surface area contributed by atoms with Gasteiger partial charge in [0.25, 0.3) is 5.91 Å². The van der Waals surface area contributed by atoms with Crippen molar-refractivity contribution in [2.24, 2.45) is 5.92 Å². The average molecular weight is 292 g/mol. The number of methoxy groups -OCH3 is 1. The van der Waals surface area contributed by atoms with Crippen molar-refractivity contribution in [2.45, 2.75) is 46.6 Å². The highest BCUT2D eigenvalue weighted by atomic mass is 16.5. The highest BCUT2D eigenvalue weighted by molar-refractivity contribution is 6.00. The van der Waals surface area contributed by atoms with Crippen LogP contribution in [0.4, 0.5) is 0 Å². The molecule has 1 fully saturated rings. The number of nitrogens with zero attached hydrogens (tertiary/aromatic N) is 1. The first kappa shape index (κ1) is 15.6. The maximum Gasteiger partial charge on any atom is 0.339 e. The first-order valence-corrected chi connectivity index (χ1v) is 7.50. The number of hydrogen-bond donors (Lipinski definition) is 1. The maximum atomic E-state index is 12.8. The van der Waals surface area contributed by atoms with Crippen molar-refractivity contribution < 1.29 is 14.3 Å². The molecule has 1 aliphatic heterocycles. The molecule has 0 radical (unpaired) electrons. The van der Waals surface area contributed by atoms with E-state index < -0.39 is 5.97 Å². The van der Waals surface area contributed by atoms with Crippen LogP contribution in [0.1, 0.15) is 58.8 Å². The van der Waals surface area contributed by atoms with E-state index in [1.165, 1.54) is 7.11 Å². The highest BCUT2D eigenvalue weighted by Crippen LogP contribution is 2.29. The number of esters is 1. The van der Waals surface area contributed by atoms with Gasteiger partial charge in [-0.3, -0.25) is 4.79 Å². The third-order valence-electron chi connectivity index (χ3n) is 4.74. The second-order valence-corrected chi connectivity index (χ2v) is 5.81. The van der Waals surface area contributed by atoms with Gasteiger partial charge in [0, 0.05) is 18.3 Å². The number of nitrogens with one attached hydrogen (secondary N) is 1. The Morgan fingerprint density at radius 2 is 2.05 bits per heavy atom. The molecule has 1 aromatic rings. The molecule has 0 spiro atoms. The van der Waals surface area contributed by atoms with E-state index in [0.29, 0.717) is 28.4 Å². The molecule has 1 saturated heterocycles. The number of rotatable bonds is 3. The summed E-state index contributed by atoms with van der Waals surface area (Å²) in [5, 5.41) is 0. The minimum atomic E-state index is -0.402. The van der Waals surface area contributed by atoms with E-state index in [0.717, 1.165) is 19.4 Å². The summed E-state index contributed by atoms with van der Waals surface area (Å²) in [4.78, 5) is 29.5. The molecule has 5 heteroatoms. The van der Waals surface area contributed by atoms with Gasteiger partial charge in [-0.15, -0.1) is 0 Å². The summed E-state index contributed by atoms with van der Waals surface area (Å²) in [6, 6.07) is 0.243. The monoisotopic (exact) mass is 292 g/mol. The number of carbonyl (C=O) groups is 2. The molecule has 2 rings (SSSR count). The van der Waals surface area contributed by atoms with Crippen LogP contribution in [0, 0.1) is 19.8 Å². The summed E-state index contributed by atoms with van der Waals surface area (Å²) in [5.41, 5.74) is 2.34. The van der Waals surface area contributed by atoms with Gasteiger partial charge in [0.2, 0.25) is 0 Å². The van der Waals surface area contributed by atoms with Gasteiger partial charge in [-0.05, 0) is 38.7 Å². The molecular weight excluding hydrogens is 268 g/mol. The lowest BCUT2D eigenvalue weighted by molar-refractivity contribution is 0.0599. The van der Waals surface area contributed by atoms with Crippen LogP contribution in [0.3, 0.4) is 0 Å². The van der Waals surface area contributed by atoms with Gasteiger partial charge in [-0.1, -0.05) is 13.3 Å². The van der Waals surface area contributed by atoms with Crippen molar-refractivity contribution in [1.29, 1.82) is 0 Å². The normalized spacial score (nSPS) is 21.7. The van der Waals surface area contributed by atoms with Gasteiger partial charge >= 0.3 is 5.97 Å². The van der Waals surface area contributed by atoms with Crippen molar-refractivity contribution in [3.05, 3.63) is 22.5 Å². The zero-order valence-electron chi connectivity index (χ0n) is 13.4. The Kier molecular flexibility index (Phi) is 4.40. The van der Waals surface area contributed by atoms with Crippen LogP contribution in [-0.4, -0.2) is 41.5 Å². The first-order chi connectivity index (χ1) is 9.92. The summed E-state index contributed by atoms with van der Waals surface area (Å²) < 4.78 is 4.79. The van der Waals surface area contributed by atoms with Gasteiger partial charge in [-0.25, -0.2) is 4.79 Å². The van der Waals surface area contributed by atoms with E-state index in [-0.39, 0.29) is 11.9 Å². The Morgan fingerprint density at radius 3 is 2.57 bits per heavy atom. The summed E-state index contributed by atoms with van der Waals surface area (Å²) in [7, 11) is 1.35. The largest absolute Gasteiger partial charge is 0.465 e. The maximum absolute atomic E-state index is 12.8. The van der Waals surface area contributed by atoms with E-state index in [1.54, 1.807) is 13.8 Å². The molecule has 0 bridgehead atoms. The van der Waals surface area contributed by atoms with Crippen LogP contribution in [0.2, 0.25) is 0 Å². The number of aromatic nitrogens is 1. The second-order valence-electron chi connectivity index (χ2n) is 5.81. The van der Waals surface area contributed by atoms with Gasteiger partial charge in [0.05, 0.1) is 12.7 Å². The van der Waals surface area contributed by atoms with Crippen LogP contribution in [-0.2, 0) is 4.74 Å². The molecule has 116 valence electrons. The molecule has 0 aromatic carbocycles. The fourth-order valence-corrected chi connectivity index (χ4v) is 3.35. The van der Waals surface area contributed by atoms with Gasteiger partial charge in [0.1, 0.15) is 5.69 Å². The predicted octanol–water partition coefficient (Wildman–Crippen LogP) is 2.68. The minimum Gasteiger partial charge on any atom is -0.465 e. The SMILES string of the molecule is CC[C@H]1CCN(C(=O)c2[nH]c(C)c(C(=O)OC)c2C)[C@@H]1C. The molecule has 1 N–H and O–H groups in total. The zero-order chi connectivity index (χ0) is 15.7. The third kappa shape index (κ3) is 2.57. The van der Waals surface area contributed by atoms with Gasteiger partial charge < -0.3 is 14.6 Å². The molecule has 1 amide bonds. The highest BCUT2D eigenvalue weighted by Gasteiger charge is 2.35. The molecule has 2 atom stereocenters. The van der Waals surface area contributed by atoms with E-state index in [9.17, 15) is 9.59 Å². The lowest BCUT2D eigenvalue weighted by atomic mass is 9.99. The summed E-state index contributed by atoms with van der Waals surface area (Å²) in [5.74, 6) is 0.140. The Hall–Kier alpha value is -1.78. The molecule has 1 aliphatic rings. The summed E-state index contributed by atoms with van der Waals surface area (Å²) in [6.07, 6.45) is 2.13.